The summed E-state index contributed by atoms with van der Waals surface area (Å²) in [5.41, 5.74) is 1.01. The van der Waals surface area contributed by atoms with Crippen molar-refractivity contribution in [1.82, 2.24) is 19.7 Å². The molecule has 0 saturated carbocycles. The van der Waals surface area contributed by atoms with Gasteiger partial charge in [0.1, 0.15) is 12.2 Å². The topological polar surface area (TPSA) is 63.8 Å². The predicted molar refractivity (Wildman–Crippen MR) is 75.1 cm³/mol. The number of hydrogen-bond acceptors (Lipinski definition) is 5. The molecule has 6 heteroatoms. The summed E-state index contributed by atoms with van der Waals surface area (Å²) in [4.78, 5) is 8.60. The van der Waals surface area contributed by atoms with Crippen LogP contribution in [0.15, 0.2) is 11.7 Å². The molecule has 1 N–H and O–H groups in total. The third kappa shape index (κ3) is 4.11. The number of aliphatic hydroxyl groups excluding tert-OH is 1. The van der Waals surface area contributed by atoms with Gasteiger partial charge < -0.3 is 5.11 Å². The van der Waals surface area contributed by atoms with E-state index in [9.17, 15) is 5.11 Å². The first-order chi connectivity index (χ1) is 9.04. The molecule has 104 valence electrons. The molecule has 2 aromatic heterocycles. The van der Waals surface area contributed by atoms with Crippen molar-refractivity contribution in [3.05, 3.63) is 28.2 Å². The van der Waals surface area contributed by atoms with Crippen LogP contribution in [0.5, 0.6) is 0 Å². The van der Waals surface area contributed by atoms with Gasteiger partial charge in [0.15, 0.2) is 0 Å². The highest BCUT2D eigenvalue weighted by Crippen LogP contribution is 2.13. The van der Waals surface area contributed by atoms with E-state index in [0.29, 0.717) is 18.8 Å². The summed E-state index contributed by atoms with van der Waals surface area (Å²) in [6, 6.07) is 0. The van der Waals surface area contributed by atoms with Crippen molar-refractivity contribution in [2.24, 2.45) is 5.92 Å². The first-order valence-corrected chi connectivity index (χ1v) is 7.38. The average Bonchev–Trinajstić information content (AvgIpc) is 2.88. The van der Waals surface area contributed by atoms with E-state index < -0.39 is 6.10 Å². The van der Waals surface area contributed by atoms with Crippen LogP contribution in [0.4, 0.5) is 0 Å². The minimum atomic E-state index is -0.458. The molecule has 0 aliphatic rings. The Morgan fingerprint density at radius 1 is 1.37 bits per heavy atom. The SMILES string of the molecule is Cc1csc(CC(O)Cc2ncnn2CC(C)C)n1. The van der Waals surface area contributed by atoms with Gasteiger partial charge in [-0.2, -0.15) is 5.10 Å². The molecule has 0 spiro atoms. The number of hydrogen-bond donors (Lipinski definition) is 1. The molecule has 2 heterocycles. The summed E-state index contributed by atoms with van der Waals surface area (Å²) < 4.78 is 1.88. The normalized spacial score (nSPS) is 13.1. The zero-order valence-electron chi connectivity index (χ0n) is 11.6. The molecule has 2 aromatic rings. The van der Waals surface area contributed by atoms with Crippen LogP contribution >= 0.6 is 11.3 Å². The van der Waals surface area contributed by atoms with E-state index in [2.05, 4.69) is 28.9 Å². The third-order valence-corrected chi connectivity index (χ3v) is 3.72. The molecule has 0 saturated heterocycles. The highest BCUT2D eigenvalue weighted by molar-refractivity contribution is 7.09. The zero-order chi connectivity index (χ0) is 13.8. The van der Waals surface area contributed by atoms with Gasteiger partial charge in [-0.1, -0.05) is 13.8 Å². The Morgan fingerprint density at radius 3 is 2.79 bits per heavy atom. The van der Waals surface area contributed by atoms with E-state index in [0.717, 1.165) is 23.1 Å². The molecule has 5 nitrogen and oxygen atoms in total. The van der Waals surface area contributed by atoms with E-state index in [1.807, 2.05) is 17.0 Å². The van der Waals surface area contributed by atoms with Gasteiger partial charge in [0.25, 0.3) is 0 Å². The van der Waals surface area contributed by atoms with E-state index in [1.165, 1.54) is 0 Å². The van der Waals surface area contributed by atoms with Gasteiger partial charge in [0.05, 0.1) is 11.1 Å². The van der Waals surface area contributed by atoms with Gasteiger partial charge in [-0.3, -0.25) is 0 Å². The summed E-state index contributed by atoms with van der Waals surface area (Å²) in [5, 5.41) is 17.3. The summed E-state index contributed by atoms with van der Waals surface area (Å²) in [6.07, 6.45) is 2.19. The summed E-state index contributed by atoms with van der Waals surface area (Å²) in [6.45, 7) is 7.07. The van der Waals surface area contributed by atoms with Crippen molar-refractivity contribution in [3.8, 4) is 0 Å². The fraction of sp³-hybridized carbons (Fsp3) is 0.615. The van der Waals surface area contributed by atoms with Crippen molar-refractivity contribution in [3.63, 3.8) is 0 Å². The van der Waals surface area contributed by atoms with Crippen molar-refractivity contribution in [1.29, 1.82) is 0 Å². The lowest BCUT2D eigenvalue weighted by atomic mass is 10.1. The molecule has 0 fully saturated rings. The first kappa shape index (κ1) is 14.1. The third-order valence-electron chi connectivity index (χ3n) is 2.73. The van der Waals surface area contributed by atoms with Crippen LogP contribution < -0.4 is 0 Å². The largest absolute Gasteiger partial charge is 0.392 e. The number of rotatable bonds is 6. The molecule has 0 aromatic carbocycles. The number of aryl methyl sites for hydroxylation is 1. The van der Waals surface area contributed by atoms with Crippen molar-refractivity contribution in [2.75, 3.05) is 0 Å². The highest BCUT2D eigenvalue weighted by atomic mass is 32.1. The van der Waals surface area contributed by atoms with Crippen molar-refractivity contribution < 1.29 is 5.11 Å². The quantitative estimate of drug-likeness (QED) is 0.877. The van der Waals surface area contributed by atoms with E-state index in [-0.39, 0.29) is 0 Å². The Morgan fingerprint density at radius 2 is 2.16 bits per heavy atom. The lowest BCUT2D eigenvalue weighted by molar-refractivity contribution is 0.170. The van der Waals surface area contributed by atoms with Crippen LogP contribution in [-0.2, 0) is 19.4 Å². The van der Waals surface area contributed by atoms with Crippen LogP contribution in [0.3, 0.4) is 0 Å². The summed E-state index contributed by atoms with van der Waals surface area (Å²) >= 11 is 1.59. The molecule has 0 bridgehead atoms. The van der Waals surface area contributed by atoms with Gasteiger partial charge in [0, 0.05) is 30.5 Å². The van der Waals surface area contributed by atoms with Crippen LogP contribution in [-0.4, -0.2) is 31.0 Å². The molecule has 1 atom stereocenters. The van der Waals surface area contributed by atoms with Gasteiger partial charge in [-0.25, -0.2) is 14.6 Å². The Hall–Kier alpha value is -1.27. The minimum Gasteiger partial charge on any atom is -0.392 e. The zero-order valence-corrected chi connectivity index (χ0v) is 12.4. The molecule has 0 radical (unpaired) electrons. The molecule has 0 aliphatic carbocycles. The fourth-order valence-electron chi connectivity index (χ4n) is 1.93. The average molecular weight is 280 g/mol. The summed E-state index contributed by atoms with van der Waals surface area (Å²) in [5.74, 6) is 1.36. The van der Waals surface area contributed by atoms with E-state index in [4.69, 9.17) is 0 Å². The van der Waals surface area contributed by atoms with Crippen LogP contribution in [0.1, 0.15) is 30.4 Å². The van der Waals surface area contributed by atoms with Crippen molar-refractivity contribution >= 4 is 11.3 Å². The Labute approximate surface area is 117 Å². The number of aromatic nitrogens is 4. The predicted octanol–water partition coefficient (Wildman–Crippen LogP) is 1.85. The maximum atomic E-state index is 10.1. The maximum absolute atomic E-state index is 10.1. The Balaban J connectivity index is 1.95. The second-order valence-electron chi connectivity index (χ2n) is 5.20. The van der Waals surface area contributed by atoms with E-state index >= 15 is 0 Å². The lowest BCUT2D eigenvalue weighted by Gasteiger charge is -2.11. The number of nitrogens with zero attached hydrogens (tertiary/aromatic N) is 4. The number of thiazole rings is 1. The lowest BCUT2D eigenvalue weighted by Crippen LogP contribution is -2.19. The Bertz CT molecular complexity index is 520. The second-order valence-corrected chi connectivity index (χ2v) is 6.14. The fourth-order valence-corrected chi connectivity index (χ4v) is 2.77. The first-order valence-electron chi connectivity index (χ1n) is 6.50. The van der Waals surface area contributed by atoms with Crippen LogP contribution in [0, 0.1) is 12.8 Å². The molecular weight excluding hydrogens is 260 g/mol. The molecular formula is C13H20N4OS. The van der Waals surface area contributed by atoms with Crippen LogP contribution in [0.2, 0.25) is 0 Å². The molecule has 19 heavy (non-hydrogen) atoms. The van der Waals surface area contributed by atoms with Gasteiger partial charge in [0.2, 0.25) is 0 Å². The molecule has 1 unspecified atom stereocenters. The highest BCUT2D eigenvalue weighted by Gasteiger charge is 2.14. The smallest absolute Gasteiger partial charge is 0.138 e. The molecule has 2 rings (SSSR count). The standard InChI is InChI=1S/C13H20N4OS/c1-9(2)6-17-12(14-8-15-17)4-11(18)5-13-16-10(3)7-19-13/h7-9,11,18H,4-6H2,1-3H3. The monoisotopic (exact) mass is 280 g/mol. The van der Waals surface area contributed by atoms with Crippen LogP contribution in [0.25, 0.3) is 0 Å². The number of aliphatic hydroxyl groups is 1. The second kappa shape index (κ2) is 6.25. The Kier molecular flexibility index (Phi) is 4.66. The van der Waals surface area contributed by atoms with Gasteiger partial charge in [-0.15, -0.1) is 11.3 Å². The van der Waals surface area contributed by atoms with Gasteiger partial charge in [-0.05, 0) is 12.8 Å². The maximum Gasteiger partial charge on any atom is 0.138 e. The van der Waals surface area contributed by atoms with Gasteiger partial charge >= 0.3 is 0 Å². The molecule has 0 amide bonds. The minimum absolute atomic E-state index is 0.458. The van der Waals surface area contributed by atoms with Crippen molar-refractivity contribution in [2.45, 2.75) is 46.3 Å². The summed E-state index contributed by atoms with van der Waals surface area (Å²) in [7, 11) is 0. The van der Waals surface area contributed by atoms with E-state index in [1.54, 1.807) is 17.7 Å². The molecule has 0 aliphatic heterocycles.